The van der Waals surface area contributed by atoms with Gasteiger partial charge in [0.2, 0.25) is 0 Å². The molecule has 0 radical (unpaired) electrons. The molecule has 6 nitrogen and oxygen atoms in total. The van der Waals surface area contributed by atoms with E-state index in [0.29, 0.717) is 24.5 Å². The molecule has 1 unspecified atom stereocenters. The molecule has 1 aliphatic heterocycles. The molecule has 3 rings (SSSR count). The van der Waals surface area contributed by atoms with Gasteiger partial charge in [-0.2, -0.15) is 0 Å². The minimum absolute atomic E-state index is 0. The second kappa shape index (κ2) is 9.14. The third kappa shape index (κ3) is 5.01. The smallest absolute Gasteiger partial charge is 0.870 e. The summed E-state index contributed by atoms with van der Waals surface area (Å²) >= 11 is 1.65. The van der Waals surface area contributed by atoms with E-state index >= 15 is 0 Å². The van der Waals surface area contributed by atoms with E-state index in [0.717, 1.165) is 16.9 Å². The third-order valence-corrected chi connectivity index (χ3v) is 4.53. The van der Waals surface area contributed by atoms with E-state index in [1.165, 1.54) is 0 Å². The predicted octanol–water partition coefficient (Wildman–Crippen LogP) is -0.611. The zero-order chi connectivity index (χ0) is 14.8. The van der Waals surface area contributed by atoms with E-state index in [1.54, 1.807) is 16.2 Å². The molecule has 0 spiro atoms. The first-order valence-electron chi connectivity index (χ1n) is 6.88. The number of amides is 2. The average molecular weight is 359 g/mol. The SMILES string of the molecule is Nc1ccc(-c2cccs2)cc1NC(=O)N1CCC(N)C1.[K+].[OH-]. The maximum atomic E-state index is 12.2. The van der Waals surface area contributed by atoms with Crippen LogP contribution in [0.5, 0.6) is 0 Å². The molecule has 0 bridgehead atoms. The van der Waals surface area contributed by atoms with Crippen LogP contribution < -0.4 is 68.2 Å². The summed E-state index contributed by atoms with van der Waals surface area (Å²) in [6.07, 6.45) is 0.845. The minimum Gasteiger partial charge on any atom is -0.870 e. The number of rotatable bonds is 2. The molecule has 8 heteroatoms. The molecule has 2 heterocycles. The van der Waals surface area contributed by atoms with Crippen molar-refractivity contribution in [3.8, 4) is 10.4 Å². The first kappa shape index (κ1) is 20.6. The Morgan fingerprint density at radius 1 is 1.35 bits per heavy atom. The van der Waals surface area contributed by atoms with Gasteiger partial charge in [0, 0.05) is 24.0 Å². The molecule has 2 aromatic rings. The fourth-order valence-electron chi connectivity index (χ4n) is 2.43. The molecule has 1 atom stereocenters. The molecule has 1 aromatic heterocycles. The van der Waals surface area contributed by atoms with Gasteiger partial charge in [0.15, 0.2) is 0 Å². The number of nitrogens with two attached hydrogens (primary N) is 2. The Morgan fingerprint density at radius 3 is 2.74 bits per heavy atom. The van der Waals surface area contributed by atoms with Gasteiger partial charge in [-0.05, 0) is 35.6 Å². The number of anilines is 2. The maximum absolute atomic E-state index is 12.2. The number of hydrogen-bond donors (Lipinski definition) is 3. The zero-order valence-corrected chi connectivity index (χ0v) is 17.0. The summed E-state index contributed by atoms with van der Waals surface area (Å²) in [6.45, 7) is 1.29. The quantitative estimate of drug-likeness (QED) is 0.491. The van der Waals surface area contributed by atoms with Crippen LogP contribution in [0, 0.1) is 0 Å². The average Bonchev–Trinajstić information content (AvgIpc) is 3.12. The first-order chi connectivity index (χ1) is 10.1. The number of urea groups is 1. The molecule has 0 aliphatic carbocycles. The summed E-state index contributed by atoms with van der Waals surface area (Å²) in [5.41, 5.74) is 14.0. The minimum atomic E-state index is -0.141. The Morgan fingerprint density at radius 2 is 2.13 bits per heavy atom. The second-order valence-corrected chi connectivity index (χ2v) is 6.15. The van der Waals surface area contributed by atoms with E-state index in [2.05, 4.69) is 5.32 Å². The molecule has 1 saturated heterocycles. The van der Waals surface area contributed by atoms with Gasteiger partial charge in [0.05, 0.1) is 11.4 Å². The Hall–Kier alpha value is -0.454. The van der Waals surface area contributed by atoms with Gasteiger partial charge in [-0.25, -0.2) is 4.79 Å². The molecule has 6 N–H and O–H groups in total. The number of nitrogens with zero attached hydrogens (tertiary/aromatic N) is 1. The molecule has 2 amide bonds. The van der Waals surface area contributed by atoms with Gasteiger partial charge in [0.1, 0.15) is 0 Å². The van der Waals surface area contributed by atoms with E-state index in [4.69, 9.17) is 11.5 Å². The van der Waals surface area contributed by atoms with Crippen LogP contribution in [0.25, 0.3) is 10.4 Å². The van der Waals surface area contributed by atoms with E-state index in [-0.39, 0.29) is 68.9 Å². The van der Waals surface area contributed by atoms with Crippen LogP contribution in [-0.4, -0.2) is 35.5 Å². The van der Waals surface area contributed by atoms with Gasteiger partial charge in [-0.3, -0.25) is 0 Å². The molecule has 1 aromatic carbocycles. The summed E-state index contributed by atoms with van der Waals surface area (Å²) < 4.78 is 0. The number of nitrogen functional groups attached to an aromatic ring is 1. The first-order valence-corrected chi connectivity index (χ1v) is 7.76. The largest absolute Gasteiger partial charge is 1.00 e. The Bertz CT molecular complexity index is 651. The van der Waals surface area contributed by atoms with Gasteiger partial charge < -0.3 is 27.2 Å². The Labute approximate surface area is 182 Å². The van der Waals surface area contributed by atoms with Crippen molar-refractivity contribution < 1.29 is 61.7 Å². The predicted molar refractivity (Wildman–Crippen MR) is 89.3 cm³/mol. The number of thiophene rings is 1. The summed E-state index contributed by atoms with van der Waals surface area (Å²) in [5, 5.41) is 4.91. The van der Waals surface area contributed by atoms with Crippen molar-refractivity contribution in [1.82, 2.24) is 4.90 Å². The summed E-state index contributed by atoms with van der Waals surface area (Å²) in [7, 11) is 0. The van der Waals surface area contributed by atoms with Crippen LogP contribution in [-0.2, 0) is 0 Å². The Kier molecular flexibility index (Phi) is 8.18. The number of nitrogens with one attached hydrogen (secondary N) is 1. The maximum Gasteiger partial charge on any atom is 1.00 e. The molecular formula is C15H19KN4O2S. The van der Waals surface area contributed by atoms with Crippen LogP contribution >= 0.6 is 11.3 Å². The standard InChI is InChI=1S/C15H18N4OS.K.H2O/c16-11-5-6-19(9-11)15(20)18-13-8-10(3-4-12(13)17)14-2-1-7-21-14;;/h1-4,7-8,11H,5-6,9,16-17H2,(H,18,20);;1H2/q;+1;/p-1. The van der Waals surface area contributed by atoms with Gasteiger partial charge in [0.25, 0.3) is 0 Å². The number of benzene rings is 1. The molecule has 118 valence electrons. The number of carbonyl (C=O) groups excluding carboxylic acids is 1. The fourth-order valence-corrected chi connectivity index (χ4v) is 3.15. The van der Waals surface area contributed by atoms with Crippen LogP contribution in [0.3, 0.4) is 0 Å². The van der Waals surface area contributed by atoms with Crippen molar-refractivity contribution in [2.45, 2.75) is 12.5 Å². The monoisotopic (exact) mass is 358 g/mol. The number of hydrogen-bond acceptors (Lipinski definition) is 5. The summed E-state index contributed by atoms with van der Waals surface area (Å²) in [4.78, 5) is 15.1. The molecule has 1 aliphatic rings. The molecular weight excluding hydrogens is 339 g/mol. The van der Waals surface area contributed by atoms with Crippen molar-refractivity contribution in [3.05, 3.63) is 35.7 Å². The second-order valence-electron chi connectivity index (χ2n) is 5.20. The molecule has 0 saturated carbocycles. The van der Waals surface area contributed by atoms with Crippen molar-refractivity contribution in [1.29, 1.82) is 0 Å². The Balaban J connectivity index is 0.00000132. The third-order valence-electron chi connectivity index (χ3n) is 3.61. The van der Waals surface area contributed by atoms with Gasteiger partial charge >= 0.3 is 57.4 Å². The molecule has 1 fully saturated rings. The van der Waals surface area contributed by atoms with E-state index in [9.17, 15) is 4.79 Å². The van der Waals surface area contributed by atoms with Crippen molar-refractivity contribution in [3.63, 3.8) is 0 Å². The van der Waals surface area contributed by atoms with Crippen LogP contribution in [0.1, 0.15) is 6.42 Å². The van der Waals surface area contributed by atoms with Gasteiger partial charge in [-0.1, -0.05) is 12.1 Å². The molecule has 23 heavy (non-hydrogen) atoms. The van der Waals surface area contributed by atoms with E-state index < -0.39 is 0 Å². The van der Waals surface area contributed by atoms with Crippen LogP contribution in [0.15, 0.2) is 35.7 Å². The van der Waals surface area contributed by atoms with Crippen molar-refractivity contribution >= 4 is 28.7 Å². The van der Waals surface area contributed by atoms with E-state index in [1.807, 2.05) is 35.7 Å². The van der Waals surface area contributed by atoms with Crippen molar-refractivity contribution in [2.24, 2.45) is 5.73 Å². The summed E-state index contributed by atoms with van der Waals surface area (Å²) in [5.74, 6) is 0. The summed E-state index contributed by atoms with van der Waals surface area (Å²) in [6, 6.07) is 9.67. The van der Waals surface area contributed by atoms with Crippen molar-refractivity contribution in [2.75, 3.05) is 24.1 Å². The zero-order valence-electron chi connectivity index (χ0n) is 13.0. The number of likely N-dealkylation sites (tertiary alicyclic amines) is 1. The number of carbonyl (C=O) groups is 1. The van der Waals surface area contributed by atoms with Crippen LogP contribution in [0.4, 0.5) is 16.2 Å². The van der Waals surface area contributed by atoms with Crippen LogP contribution in [0.2, 0.25) is 0 Å². The fraction of sp³-hybridized carbons (Fsp3) is 0.267. The normalized spacial score (nSPS) is 16.4. The van der Waals surface area contributed by atoms with Gasteiger partial charge in [-0.15, -0.1) is 11.3 Å². The topological polar surface area (TPSA) is 114 Å².